The summed E-state index contributed by atoms with van der Waals surface area (Å²) in [7, 11) is 1.39. The van der Waals surface area contributed by atoms with Crippen LogP contribution >= 0.6 is 12.2 Å². The fourth-order valence-electron chi connectivity index (χ4n) is 3.68. The van der Waals surface area contributed by atoms with Crippen molar-refractivity contribution in [3.05, 3.63) is 42.0 Å². The number of nitrogens with one attached hydrogen (secondary N) is 1. The summed E-state index contributed by atoms with van der Waals surface area (Å²) >= 11 is 5.73. The van der Waals surface area contributed by atoms with Crippen LogP contribution in [0.3, 0.4) is 0 Å². The Bertz CT molecular complexity index is 686. The highest BCUT2D eigenvalue weighted by Crippen LogP contribution is 2.23. The maximum absolute atomic E-state index is 12.0. The SMILES string of the molecule is COC(=O)c1ccccc1NC(=S)N(CC1CC=CCC1)CC1CCCO1. The van der Waals surface area contributed by atoms with Gasteiger partial charge >= 0.3 is 5.97 Å². The molecule has 0 bridgehead atoms. The molecule has 2 aliphatic rings. The summed E-state index contributed by atoms with van der Waals surface area (Å²) in [5.41, 5.74) is 1.16. The van der Waals surface area contributed by atoms with Gasteiger partial charge in [0, 0.05) is 19.7 Å². The number of benzene rings is 1. The van der Waals surface area contributed by atoms with Gasteiger partial charge in [-0.1, -0.05) is 24.3 Å². The Kier molecular flexibility index (Phi) is 7.24. The maximum atomic E-state index is 12.0. The largest absolute Gasteiger partial charge is 0.465 e. The van der Waals surface area contributed by atoms with Gasteiger partial charge in [-0.25, -0.2) is 4.79 Å². The second kappa shape index (κ2) is 9.85. The third-order valence-electron chi connectivity index (χ3n) is 5.17. The lowest BCUT2D eigenvalue weighted by molar-refractivity contribution is 0.0602. The number of methoxy groups -OCH3 is 1. The van der Waals surface area contributed by atoms with Crippen LogP contribution in [0, 0.1) is 5.92 Å². The van der Waals surface area contributed by atoms with Crippen molar-refractivity contribution >= 4 is 29.0 Å². The van der Waals surface area contributed by atoms with Crippen molar-refractivity contribution < 1.29 is 14.3 Å². The molecule has 1 aromatic rings. The van der Waals surface area contributed by atoms with E-state index < -0.39 is 0 Å². The predicted octanol–water partition coefficient (Wildman–Crippen LogP) is 4.01. The number of esters is 1. The predicted molar refractivity (Wildman–Crippen MR) is 111 cm³/mol. The summed E-state index contributed by atoms with van der Waals surface area (Å²) in [4.78, 5) is 14.2. The second-order valence-corrected chi connectivity index (χ2v) is 7.54. The molecule has 0 saturated carbocycles. The highest BCUT2D eigenvalue weighted by molar-refractivity contribution is 7.80. The van der Waals surface area contributed by atoms with E-state index in [0.29, 0.717) is 22.3 Å². The van der Waals surface area contributed by atoms with Crippen molar-refractivity contribution in [3.8, 4) is 0 Å². The topological polar surface area (TPSA) is 50.8 Å². The van der Waals surface area contributed by atoms with E-state index in [1.165, 1.54) is 13.5 Å². The average Bonchev–Trinajstić information content (AvgIpc) is 3.21. The summed E-state index contributed by atoms with van der Waals surface area (Å²) < 4.78 is 10.7. The first-order valence-electron chi connectivity index (χ1n) is 9.67. The molecule has 2 atom stereocenters. The van der Waals surface area contributed by atoms with Crippen LogP contribution < -0.4 is 5.32 Å². The third-order valence-corrected chi connectivity index (χ3v) is 5.53. The van der Waals surface area contributed by atoms with Crippen LogP contribution in [0.15, 0.2) is 36.4 Å². The summed E-state index contributed by atoms with van der Waals surface area (Å²) in [5.74, 6) is 0.219. The molecular formula is C21H28N2O3S. The quantitative estimate of drug-likeness (QED) is 0.451. The van der Waals surface area contributed by atoms with Crippen molar-refractivity contribution in [2.75, 3.05) is 32.1 Å². The van der Waals surface area contributed by atoms with Crippen molar-refractivity contribution in [1.82, 2.24) is 4.90 Å². The lowest BCUT2D eigenvalue weighted by Crippen LogP contribution is -2.43. The van der Waals surface area contributed by atoms with Gasteiger partial charge < -0.3 is 19.7 Å². The van der Waals surface area contributed by atoms with Crippen molar-refractivity contribution in [2.24, 2.45) is 5.92 Å². The van der Waals surface area contributed by atoms with Gasteiger partial charge in [0.15, 0.2) is 5.11 Å². The van der Waals surface area contributed by atoms with E-state index in [0.717, 1.165) is 45.4 Å². The van der Waals surface area contributed by atoms with Gasteiger partial charge in [0.05, 0.1) is 24.5 Å². The van der Waals surface area contributed by atoms with E-state index in [-0.39, 0.29) is 12.1 Å². The molecule has 1 fully saturated rings. The van der Waals surface area contributed by atoms with E-state index in [1.807, 2.05) is 18.2 Å². The molecule has 5 nitrogen and oxygen atoms in total. The summed E-state index contributed by atoms with van der Waals surface area (Å²) in [5, 5.41) is 3.91. The molecule has 0 aromatic heterocycles. The van der Waals surface area contributed by atoms with Crippen LogP contribution in [0.1, 0.15) is 42.5 Å². The van der Waals surface area contributed by atoms with E-state index in [2.05, 4.69) is 22.4 Å². The van der Waals surface area contributed by atoms with Crippen LogP contribution in [0.5, 0.6) is 0 Å². The molecule has 146 valence electrons. The molecule has 1 saturated heterocycles. The number of para-hydroxylation sites is 1. The molecule has 1 N–H and O–H groups in total. The second-order valence-electron chi connectivity index (χ2n) is 7.16. The molecule has 6 heteroatoms. The zero-order valence-electron chi connectivity index (χ0n) is 15.9. The molecule has 1 aromatic carbocycles. The summed E-state index contributed by atoms with van der Waals surface area (Å²) in [6.07, 6.45) is 10.3. The number of rotatable bonds is 6. The Morgan fingerprint density at radius 1 is 1.30 bits per heavy atom. The van der Waals surface area contributed by atoms with Crippen LogP contribution in [-0.4, -0.2) is 48.9 Å². The molecule has 3 rings (SSSR count). The van der Waals surface area contributed by atoms with Crippen molar-refractivity contribution in [3.63, 3.8) is 0 Å². The highest BCUT2D eigenvalue weighted by atomic mass is 32.1. The van der Waals surface area contributed by atoms with Gasteiger partial charge in [0.25, 0.3) is 0 Å². The molecule has 2 unspecified atom stereocenters. The molecule has 1 aliphatic heterocycles. The van der Waals surface area contributed by atoms with Gasteiger partial charge in [-0.05, 0) is 62.4 Å². The zero-order valence-corrected chi connectivity index (χ0v) is 16.7. The lowest BCUT2D eigenvalue weighted by Gasteiger charge is -2.32. The van der Waals surface area contributed by atoms with Crippen LogP contribution in [0.25, 0.3) is 0 Å². The molecule has 1 aliphatic carbocycles. The van der Waals surface area contributed by atoms with Crippen LogP contribution in [0.2, 0.25) is 0 Å². The minimum Gasteiger partial charge on any atom is -0.465 e. The van der Waals surface area contributed by atoms with Gasteiger partial charge in [0.2, 0.25) is 0 Å². The van der Waals surface area contributed by atoms with E-state index in [1.54, 1.807) is 6.07 Å². The van der Waals surface area contributed by atoms with E-state index in [4.69, 9.17) is 21.7 Å². The minimum atomic E-state index is -0.371. The minimum absolute atomic E-state index is 0.222. The van der Waals surface area contributed by atoms with E-state index in [9.17, 15) is 4.79 Å². The number of anilines is 1. The lowest BCUT2D eigenvalue weighted by atomic mass is 9.94. The van der Waals surface area contributed by atoms with Crippen molar-refractivity contribution in [2.45, 2.75) is 38.2 Å². The molecular weight excluding hydrogens is 360 g/mol. The number of carbonyl (C=O) groups excluding carboxylic acids is 1. The van der Waals surface area contributed by atoms with Crippen molar-refractivity contribution in [1.29, 1.82) is 0 Å². The molecule has 27 heavy (non-hydrogen) atoms. The fraction of sp³-hybridized carbons (Fsp3) is 0.524. The first kappa shape index (κ1) is 19.8. The number of hydrogen-bond acceptors (Lipinski definition) is 4. The Hall–Kier alpha value is -1.92. The Morgan fingerprint density at radius 2 is 2.15 bits per heavy atom. The van der Waals surface area contributed by atoms with Gasteiger partial charge in [-0.3, -0.25) is 0 Å². The first-order valence-corrected chi connectivity index (χ1v) is 10.1. The third kappa shape index (κ3) is 5.53. The monoisotopic (exact) mass is 388 g/mol. The number of ether oxygens (including phenoxy) is 2. The first-order chi connectivity index (χ1) is 13.2. The van der Waals surface area contributed by atoms with E-state index >= 15 is 0 Å². The summed E-state index contributed by atoms with van der Waals surface area (Å²) in [6, 6.07) is 7.30. The smallest absolute Gasteiger partial charge is 0.339 e. The van der Waals surface area contributed by atoms with Crippen LogP contribution in [0.4, 0.5) is 5.69 Å². The average molecular weight is 389 g/mol. The molecule has 0 spiro atoms. The maximum Gasteiger partial charge on any atom is 0.339 e. The number of allylic oxidation sites excluding steroid dienone is 2. The standard InChI is InChI=1S/C21H28N2O3S/c1-25-20(24)18-11-5-6-12-19(18)22-21(27)23(15-17-10-7-13-26-17)14-16-8-3-2-4-9-16/h2-3,5-6,11-12,16-17H,4,7-10,13-15H2,1H3,(H,22,27). The Morgan fingerprint density at radius 3 is 2.85 bits per heavy atom. The molecule has 1 heterocycles. The van der Waals surface area contributed by atoms with Gasteiger partial charge in [-0.2, -0.15) is 0 Å². The fourth-order valence-corrected chi connectivity index (χ4v) is 3.94. The number of nitrogens with zero attached hydrogens (tertiary/aromatic N) is 1. The van der Waals surface area contributed by atoms with Gasteiger partial charge in [-0.15, -0.1) is 0 Å². The van der Waals surface area contributed by atoms with Crippen LogP contribution in [-0.2, 0) is 9.47 Å². The number of hydrogen-bond donors (Lipinski definition) is 1. The zero-order chi connectivity index (χ0) is 19.1. The normalized spacial score (nSPS) is 21.7. The molecule has 0 amide bonds. The molecule has 0 radical (unpaired) electrons. The van der Waals surface area contributed by atoms with Gasteiger partial charge in [0.1, 0.15) is 0 Å². The summed E-state index contributed by atoms with van der Waals surface area (Å²) in [6.45, 7) is 2.51. The highest BCUT2D eigenvalue weighted by Gasteiger charge is 2.24. The number of thiocarbonyl (C=S) groups is 1. The number of carbonyl (C=O) groups is 1. The Labute approximate surface area is 166 Å². The Balaban J connectivity index is 1.71.